The minimum Gasteiger partial charge on any atom is -0.495 e. The molecular weight excluding hydrogens is 550 g/mol. The minimum atomic E-state index is -4.16. The number of carbonyl (C=O) groups excluding carboxylic acids is 1. The monoisotopic (exact) mass is 577 g/mol. The van der Waals surface area contributed by atoms with Crippen LogP contribution in [0.5, 0.6) is 5.75 Å². The van der Waals surface area contributed by atoms with Crippen molar-refractivity contribution in [2.24, 2.45) is 0 Å². The highest BCUT2D eigenvalue weighted by molar-refractivity contribution is 7.93. The number of halogens is 1. The van der Waals surface area contributed by atoms with Crippen LogP contribution in [0.15, 0.2) is 82.6 Å². The van der Waals surface area contributed by atoms with Gasteiger partial charge in [-0.1, -0.05) is 48.4 Å². The second kappa shape index (κ2) is 11.7. The maximum Gasteiger partial charge on any atom is 0.264 e. The van der Waals surface area contributed by atoms with Crippen molar-refractivity contribution < 1.29 is 26.4 Å². The van der Waals surface area contributed by atoms with E-state index >= 15 is 0 Å². The largest absolute Gasteiger partial charge is 0.495 e. The highest BCUT2D eigenvalue weighted by Crippen LogP contribution is 2.32. The van der Waals surface area contributed by atoms with Gasteiger partial charge in [-0.15, -0.1) is 0 Å². The van der Waals surface area contributed by atoms with E-state index < -0.39 is 32.5 Å². The number of hydrogen-bond donors (Lipinski definition) is 1. The van der Waals surface area contributed by atoms with Crippen LogP contribution in [0.3, 0.4) is 0 Å². The number of amides is 1. The van der Waals surface area contributed by atoms with E-state index in [1.54, 1.807) is 30.3 Å². The lowest BCUT2D eigenvalue weighted by atomic mass is 10.2. The Kier molecular flexibility index (Phi) is 8.61. The molecule has 12 heteroatoms. The van der Waals surface area contributed by atoms with E-state index in [2.05, 4.69) is 5.32 Å². The molecule has 1 N–H and O–H groups in total. The molecule has 1 aliphatic rings. The van der Waals surface area contributed by atoms with Gasteiger partial charge in [0.05, 0.1) is 22.7 Å². The summed E-state index contributed by atoms with van der Waals surface area (Å²) < 4.78 is 61.3. The summed E-state index contributed by atoms with van der Waals surface area (Å²) in [7, 11) is -6.64. The highest BCUT2D eigenvalue weighted by Gasteiger charge is 2.31. The number of rotatable bonds is 9. The molecule has 202 valence electrons. The quantitative estimate of drug-likeness (QED) is 0.404. The first-order valence-corrected chi connectivity index (χ1v) is 15.2. The van der Waals surface area contributed by atoms with E-state index in [1.807, 2.05) is 0 Å². The number of para-hydroxylation sites is 1. The summed E-state index contributed by atoms with van der Waals surface area (Å²) in [6, 6.07) is 18.3. The molecule has 0 bridgehead atoms. The molecular formula is C26H28ClN3O6S2. The first-order chi connectivity index (χ1) is 18.1. The SMILES string of the molecule is COc1ccc(NC(=O)CN(c2ccccc2Cl)S(=O)(=O)c2ccccc2)cc1S(=O)(=O)N1CCCCC1. The van der Waals surface area contributed by atoms with E-state index in [0.717, 1.165) is 23.6 Å². The number of nitrogens with zero attached hydrogens (tertiary/aromatic N) is 2. The number of anilines is 2. The Labute approximate surface area is 228 Å². The van der Waals surface area contributed by atoms with Gasteiger partial charge >= 0.3 is 0 Å². The Balaban J connectivity index is 1.64. The molecule has 1 heterocycles. The maximum atomic E-state index is 13.5. The minimum absolute atomic E-state index is 0.00733. The smallest absolute Gasteiger partial charge is 0.264 e. The number of hydrogen-bond acceptors (Lipinski definition) is 6. The molecule has 0 atom stereocenters. The molecule has 3 aromatic carbocycles. The third-order valence-corrected chi connectivity index (χ3v) is 10.1. The molecule has 38 heavy (non-hydrogen) atoms. The van der Waals surface area contributed by atoms with Crippen LogP contribution in [0.4, 0.5) is 11.4 Å². The molecule has 1 amide bonds. The molecule has 0 unspecified atom stereocenters. The summed E-state index contributed by atoms with van der Waals surface area (Å²) in [6.45, 7) is 0.222. The second-order valence-corrected chi connectivity index (χ2v) is 12.8. The van der Waals surface area contributed by atoms with Gasteiger partial charge in [-0.3, -0.25) is 9.10 Å². The van der Waals surface area contributed by atoms with Crippen molar-refractivity contribution in [1.82, 2.24) is 4.31 Å². The second-order valence-electron chi connectivity index (χ2n) is 8.65. The molecule has 3 aromatic rings. The van der Waals surface area contributed by atoms with Gasteiger partial charge in [-0.25, -0.2) is 16.8 Å². The van der Waals surface area contributed by atoms with Crippen molar-refractivity contribution in [3.63, 3.8) is 0 Å². The van der Waals surface area contributed by atoms with Crippen LogP contribution in [0.1, 0.15) is 19.3 Å². The van der Waals surface area contributed by atoms with Crippen molar-refractivity contribution >= 4 is 48.9 Å². The number of benzene rings is 3. The van der Waals surface area contributed by atoms with Gasteiger partial charge < -0.3 is 10.1 Å². The van der Waals surface area contributed by atoms with Gasteiger partial charge in [0.1, 0.15) is 17.2 Å². The molecule has 0 radical (unpaired) electrons. The van der Waals surface area contributed by atoms with E-state index in [0.29, 0.717) is 13.1 Å². The molecule has 0 spiro atoms. The highest BCUT2D eigenvalue weighted by atomic mass is 35.5. The fourth-order valence-electron chi connectivity index (χ4n) is 4.20. The molecule has 9 nitrogen and oxygen atoms in total. The standard InChI is InChI=1S/C26H28ClN3O6S2/c1-36-24-15-14-20(18-25(24)38(34,35)29-16-8-3-9-17-29)28-26(31)19-30(23-13-7-6-12-22(23)27)37(32,33)21-10-4-2-5-11-21/h2,4-7,10-15,18H,3,8-9,16-17,19H2,1H3,(H,28,31). The number of sulfonamides is 2. The molecule has 1 fully saturated rings. The summed E-state index contributed by atoms with van der Waals surface area (Å²) in [5.74, 6) is -0.533. The van der Waals surface area contributed by atoms with Gasteiger partial charge in [0.2, 0.25) is 15.9 Å². The predicted octanol–water partition coefficient (Wildman–Crippen LogP) is 4.36. The Bertz CT molecular complexity index is 1510. The van der Waals surface area contributed by atoms with Crippen LogP contribution < -0.4 is 14.4 Å². The van der Waals surface area contributed by atoms with E-state index in [4.69, 9.17) is 16.3 Å². The van der Waals surface area contributed by atoms with Gasteiger partial charge in [-0.2, -0.15) is 4.31 Å². The van der Waals surface area contributed by atoms with Gasteiger partial charge in [0, 0.05) is 18.8 Å². The van der Waals surface area contributed by atoms with Gasteiger partial charge in [0.25, 0.3) is 10.0 Å². The van der Waals surface area contributed by atoms with Crippen molar-refractivity contribution in [3.05, 3.63) is 77.8 Å². The van der Waals surface area contributed by atoms with Crippen LogP contribution in [-0.2, 0) is 24.8 Å². The fraction of sp³-hybridized carbons (Fsp3) is 0.269. The Morgan fingerprint density at radius 2 is 1.61 bits per heavy atom. The van der Waals surface area contributed by atoms with Crippen molar-refractivity contribution in [1.29, 1.82) is 0 Å². The summed E-state index contributed by atoms with van der Waals surface area (Å²) in [6.07, 6.45) is 2.50. The van der Waals surface area contributed by atoms with Crippen molar-refractivity contribution in [2.75, 3.05) is 36.4 Å². The first kappa shape index (κ1) is 27.9. The molecule has 0 aromatic heterocycles. The molecule has 0 saturated carbocycles. The summed E-state index contributed by atoms with van der Waals surface area (Å²) in [4.78, 5) is 13.1. The first-order valence-electron chi connectivity index (χ1n) is 11.9. The third kappa shape index (κ3) is 5.96. The summed E-state index contributed by atoms with van der Waals surface area (Å²) >= 11 is 6.31. The lowest BCUT2D eigenvalue weighted by Crippen LogP contribution is -2.38. The zero-order chi connectivity index (χ0) is 27.3. The normalized spacial score (nSPS) is 14.6. The lowest BCUT2D eigenvalue weighted by molar-refractivity contribution is -0.114. The molecule has 1 saturated heterocycles. The van der Waals surface area contributed by atoms with Crippen molar-refractivity contribution in [2.45, 2.75) is 29.1 Å². The number of methoxy groups -OCH3 is 1. The number of ether oxygens (including phenoxy) is 1. The van der Waals surface area contributed by atoms with Crippen LogP contribution in [0.25, 0.3) is 0 Å². The van der Waals surface area contributed by atoms with Crippen LogP contribution in [0.2, 0.25) is 5.02 Å². The van der Waals surface area contributed by atoms with Crippen LogP contribution in [0, 0.1) is 0 Å². The fourth-order valence-corrected chi connectivity index (χ4v) is 7.65. The number of carbonyl (C=O) groups is 1. The lowest BCUT2D eigenvalue weighted by Gasteiger charge is -2.27. The number of nitrogens with one attached hydrogen (secondary N) is 1. The molecule has 1 aliphatic heterocycles. The Morgan fingerprint density at radius 1 is 0.947 bits per heavy atom. The predicted molar refractivity (Wildman–Crippen MR) is 147 cm³/mol. The zero-order valence-corrected chi connectivity index (χ0v) is 23.1. The number of piperidine rings is 1. The van der Waals surface area contributed by atoms with Crippen LogP contribution >= 0.6 is 11.6 Å². The van der Waals surface area contributed by atoms with Crippen molar-refractivity contribution in [3.8, 4) is 5.75 Å². The van der Waals surface area contributed by atoms with E-state index in [-0.39, 0.29) is 31.9 Å². The van der Waals surface area contributed by atoms with Crippen LogP contribution in [-0.4, -0.2) is 53.8 Å². The summed E-state index contributed by atoms with van der Waals surface area (Å²) in [5, 5.41) is 2.78. The zero-order valence-electron chi connectivity index (χ0n) is 20.7. The average Bonchev–Trinajstić information content (AvgIpc) is 2.93. The Morgan fingerprint density at radius 3 is 2.26 bits per heavy atom. The van der Waals surface area contributed by atoms with E-state index in [1.165, 1.54) is 53.9 Å². The average molecular weight is 578 g/mol. The topological polar surface area (TPSA) is 113 Å². The Hall–Kier alpha value is -3.12. The summed E-state index contributed by atoms with van der Waals surface area (Å²) in [5.41, 5.74) is 0.318. The van der Waals surface area contributed by atoms with Gasteiger partial charge in [0.15, 0.2) is 0 Å². The van der Waals surface area contributed by atoms with Gasteiger partial charge in [-0.05, 0) is 55.3 Å². The third-order valence-electron chi connectivity index (χ3n) is 6.12. The van der Waals surface area contributed by atoms with E-state index in [9.17, 15) is 21.6 Å². The molecule has 4 rings (SSSR count). The maximum absolute atomic E-state index is 13.5. The molecule has 0 aliphatic carbocycles.